The number of fused-ring (bicyclic) bond motifs is 1. The normalized spacial score (nSPS) is 12.9. The van der Waals surface area contributed by atoms with E-state index in [0.717, 1.165) is 17.7 Å². The first-order chi connectivity index (χ1) is 14.1. The van der Waals surface area contributed by atoms with Gasteiger partial charge in [-0.25, -0.2) is 23.7 Å². The van der Waals surface area contributed by atoms with Crippen molar-refractivity contribution in [1.29, 1.82) is 0 Å². The third kappa shape index (κ3) is 4.34. The number of benzene rings is 1. The highest BCUT2D eigenvalue weighted by Crippen LogP contribution is 2.28. The van der Waals surface area contributed by atoms with E-state index in [1.807, 2.05) is 11.0 Å². The maximum Gasteiger partial charge on any atom is 0.212 e. The van der Waals surface area contributed by atoms with E-state index in [0.29, 0.717) is 43.0 Å². The second-order valence-corrected chi connectivity index (χ2v) is 6.57. The van der Waals surface area contributed by atoms with Crippen molar-refractivity contribution in [2.45, 2.75) is 13.1 Å². The van der Waals surface area contributed by atoms with Crippen LogP contribution in [0.15, 0.2) is 42.7 Å². The fourth-order valence-electron chi connectivity index (χ4n) is 3.08. The molecule has 1 aromatic carbocycles. The molecule has 0 spiro atoms. The molecule has 0 radical (unpaired) electrons. The van der Waals surface area contributed by atoms with Crippen LogP contribution in [0.1, 0.15) is 11.1 Å². The van der Waals surface area contributed by atoms with E-state index >= 15 is 0 Å². The molecular formula is C20H20F2N6O. The van der Waals surface area contributed by atoms with Gasteiger partial charge in [-0.05, 0) is 23.8 Å². The molecule has 1 aliphatic rings. The molecular weight excluding hydrogens is 378 g/mol. The van der Waals surface area contributed by atoms with E-state index < -0.39 is 11.6 Å². The van der Waals surface area contributed by atoms with Crippen LogP contribution in [0, 0.1) is 11.6 Å². The van der Waals surface area contributed by atoms with Crippen molar-refractivity contribution in [2.75, 3.05) is 35.7 Å². The SMILES string of the molecule is COc1ccc(CNc2cnc3c(n2)N(Cc2cc(F)ccc2F)CCN3)cn1. The van der Waals surface area contributed by atoms with Gasteiger partial charge in [0.05, 0.1) is 13.3 Å². The molecule has 0 amide bonds. The molecule has 2 aromatic heterocycles. The number of pyridine rings is 1. The van der Waals surface area contributed by atoms with E-state index in [4.69, 9.17) is 4.74 Å². The zero-order chi connectivity index (χ0) is 20.2. The molecule has 2 N–H and O–H groups in total. The molecule has 0 saturated carbocycles. The number of rotatable bonds is 6. The first kappa shape index (κ1) is 18.9. The predicted octanol–water partition coefficient (Wildman–Crippen LogP) is 3.20. The number of anilines is 3. The highest BCUT2D eigenvalue weighted by atomic mass is 19.1. The summed E-state index contributed by atoms with van der Waals surface area (Å²) in [5, 5.41) is 6.39. The topological polar surface area (TPSA) is 75.2 Å². The Balaban J connectivity index is 1.51. The third-order valence-corrected chi connectivity index (χ3v) is 4.58. The van der Waals surface area contributed by atoms with Gasteiger partial charge in [0, 0.05) is 44.0 Å². The molecule has 0 bridgehead atoms. The van der Waals surface area contributed by atoms with E-state index in [2.05, 4.69) is 25.6 Å². The van der Waals surface area contributed by atoms with Crippen molar-refractivity contribution in [3.8, 4) is 5.88 Å². The minimum atomic E-state index is -0.466. The number of halogens is 2. The lowest BCUT2D eigenvalue weighted by atomic mass is 10.2. The Morgan fingerprint density at radius 1 is 1.17 bits per heavy atom. The molecule has 150 valence electrons. The van der Waals surface area contributed by atoms with Crippen molar-refractivity contribution >= 4 is 17.5 Å². The summed E-state index contributed by atoms with van der Waals surface area (Å²) < 4.78 is 32.6. The maximum atomic E-state index is 14.1. The summed E-state index contributed by atoms with van der Waals surface area (Å²) >= 11 is 0. The minimum absolute atomic E-state index is 0.207. The molecule has 0 unspecified atom stereocenters. The molecule has 7 nitrogen and oxygen atoms in total. The summed E-state index contributed by atoms with van der Waals surface area (Å²) in [6.07, 6.45) is 3.35. The second-order valence-electron chi connectivity index (χ2n) is 6.57. The molecule has 0 atom stereocenters. The zero-order valence-corrected chi connectivity index (χ0v) is 15.8. The first-order valence-corrected chi connectivity index (χ1v) is 9.15. The van der Waals surface area contributed by atoms with Crippen molar-refractivity contribution < 1.29 is 13.5 Å². The van der Waals surface area contributed by atoms with E-state index in [9.17, 15) is 8.78 Å². The summed E-state index contributed by atoms with van der Waals surface area (Å²) in [5.41, 5.74) is 1.24. The quantitative estimate of drug-likeness (QED) is 0.660. The Kier molecular flexibility index (Phi) is 5.37. The van der Waals surface area contributed by atoms with Gasteiger partial charge in [0.25, 0.3) is 0 Å². The van der Waals surface area contributed by atoms with Crippen LogP contribution < -0.4 is 20.3 Å². The average Bonchev–Trinajstić information content (AvgIpc) is 2.75. The first-order valence-electron chi connectivity index (χ1n) is 9.15. The maximum absolute atomic E-state index is 14.1. The van der Waals surface area contributed by atoms with Crippen LogP contribution in [-0.2, 0) is 13.1 Å². The smallest absolute Gasteiger partial charge is 0.212 e. The number of ether oxygens (including phenoxy) is 1. The van der Waals surface area contributed by atoms with Crippen molar-refractivity contribution in [2.24, 2.45) is 0 Å². The largest absolute Gasteiger partial charge is 0.481 e. The van der Waals surface area contributed by atoms with Gasteiger partial charge in [0.1, 0.15) is 17.5 Å². The number of hydrogen-bond donors (Lipinski definition) is 2. The monoisotopic (exact) mass is 398 g/mol. The highest BCUT2D eigenvalue weighted by Gasteiger charge is 2.21. The molecule has 9 heteroatoms. The van der Waals surface area contributed by atoms with Gasteiger partial charge in [0.15, 0.2) is 11.6 Å². The van der Waals surface area contributed by atoms with Crippen LogP contribution in [0.5, 0.6) is 5.88 Å². The van der Waals surface area contributed by atoms with Gasteiger partial charge in [0.2, 0.25) is 5.88 Å². The molecule has 0 aliphatic carbocycles. The van der Waals surface area contributed by atoms with Gasteiger partial charge in [-0.2, -0.15) is 0 Å². The fraction of sp³-hybridized carbons (Fsp3) is 0.250. The highest BCUT2D eigenvalue weighted by molar-refractivity contribution is 5.65. The van der Waals surface area contributed by atoms with Gasteiger partial charge < -0.3 is 20.3 Å². The molecule has 29 heavy (non-hydrogen) atoms. The van der Waals surface area contributed by atoms with Crippen molar-refractivity contribution in [3.05, 3.63) is 65.5 Å². The van der Waals surface area contributed by atoms with Crippen LogP contribution >= 0.6 is 0 Å². The van der Waals surface area contributed by atoms with Crippen molar-refractivity contribution in [1.82, 2.24) is 15.0 Å². The summed E-state index contributed by atoms with van der Waals surface area (Å²) in [7, 11) is 1.57. The van der Waals surface area contributed by atoms with Crippen LogP contribution in [0.4, 0.5) is 26.2 Å². The van der Waals surface area contributed by atoms with Crippen LogP contribution in [0.3, 0.4) is 0 Å². The Morgan fingerprint density at radius 3 is 2.86 bits per heavy atom. The Hall–Kier alpha value is -3.49. The van der Waals surface area contributed by atoms with Crippen LogP contribution in [-0.4, -0.2) is 35.2 Å². The van der Waals surface area contributed by atoms with E-state index in [1.165, 1.54) is 6.07 Å². The predicted molar refractivity (Wildman–Crippen MR) is 106 cm³/mol. The molecule has 0 saturated heterocycles. The summed E-state index contributed by atoms with van der Waals surface area (Å²) in [6.45, 7) is 1.96. The minimum Gasteiger partial charge on any atom is -0.481 e. The van der Waals surface area contributed by atoms with E-state index in [1.54, 1.807) is 25.6 Å². The van der Waals surface area contributed by atoms with Gasteiger partial charge in [-0.3, -0.25) is 0 Å². The number of methoxy groups -OCH3 is 1. The fourth-order valence-corrected chi connectivity index (χ4v) is 3.08. The molecule has 4 rings (SSSR count). The van der Waals surface area contributed by atoms with Gasteiger partial charge in [-0.1, -0.05) is 6.07 Å². The number of hydrogen-bond acceptors (Lipinski definition) is 7. The van der Waals surface area contributed by atoms with Crippen LogP contribution in [0.2, 0.25) is 0 Å². The standard InChI is InChI=1S/C20H20F2N6O/c1-29-18-5-2-13(10-25-18)9-24-17-11-26-19-20(27-17)28(7-6-23-19)12-14-8-15(21)3-4-16(14)22/h2-5,8,10-11H,6-7,9,12H2,1H3,(H,23,26)(H,24,27). The summed E-state index contributed by atoms with van der Waals surface area (Å²) in [5.74, 6) is 1.43. The Labute approximate surface area is 166 Å². The number of nitrogens with one attached hydrogen (secondary N) is 2. The number of aromatic nitrogens is 3. The average molecular weight is 398 g/mol. The van der Waals surface area contributed by atoms with E-state index in [-0.39, 0.29) is 12.1 Å². The van der Waals surface area contributed by atoms with Gasteiger partial charge in [-0.15, -0.1) is 0 Å². The van der Waals surface area contributed by atoms with Gasteiger partial charge >= 0.3 is 0 Å². The summed E-state index contributed by atoms with van der Waals surface area (Å²) in [4.78, 5) is 15.1. The molecule has 3 aromatic rings. The lowest BCUT2D eigenvalue weighted by molar-refractivity contribution is 0.397. The number of nitrogens with zero attached hydrogens (tertiary/aromatic N) is 4. The lowest BCUT2D eigenvalue weighted by Gasteiger charge is -2.30. The lowest BCUT2D eigenvalue weighted by Crippen LogP contribution is -2.35. The molecule has 0 fully saturated rings. The third-order valence-electron chi connectivity index (χ3n) is 4.58. The molecule has 1 aliphatic heterocycles. The van der Waals surface area contributed by atoms with Crippen LogP contribution in [0.25, 0.3) is 0 Å². The Morgan fingerprint density at radius 2 is 2.07 bits per heavy atom. The van der Waals surface area contributed by atoms with Crippen molar-refractivity contribution in [3.63, 3.8) is 0 Å². The molecule has 3 heterocycles. The second kappa shape index (κ2) is 8.26. The summed E-state index contributed by atoms with van der Waals surface area (Å²) in [6, 6.07) is 7.16. The zero-order valence-electron chi connectivity index (χ0n) is 15.8. The Bertz CT molecular complexity index is 999.